The first-order valence-corrected chi connectivity index (χ1v) is 9.69. The minimum absolute atomic E-state index is 0.0701. The molecule has 1 amide bonds. The number of sulfonamides is 1. The summed E-state index contributed by atoms with van der Waals surface area (Å²) >= 11 is 0. The Hall–Kier alpha value is -2.65. The number of amides is 1. The number of fused-ring (bicyclic) bond motifs is 1. The van der Waals surface area contributed by atoms with Gasteiger partial charge in [-0.25, -0.2) is 12.8 Å². The van der Waals surface area contributed by atoms with E-state index in [0.29, 0.717) is 11.5 Å². The highest BCUT2D eigenvalue weighted by molar-refractivity contribution is 7.89. The number of ether oxygens (including phenoxy) is 2. The molecular weight excluding hydrogens is 375 g/mol. The lowest BCUT2D eigenvalue weighted by atomic mass is 10.2. The summed E-state index contributed by atoms with van der Waals surface area (Å²) in [5.41, 5.74) is 1.05. The van der Waals surface area contributed by atoms with E-state index in [-0.39, 0.29) is 23.8 Å². The van der Waals surface area contributed by atoms with Gasteiger partial charge in [0.05, 0.1) is 10.9 Å². The van der Waals surface area contributed by atoms with Crippen LogP contribution in [0.15, 0.2) is 41.3 Å². The highest BCUT2D eigenvalue weighted by Gasteiger charge is 2.23. The number of carbonyl (C=O) groups is 1. The molecule has 27 heavy (non-hydrogen) atoms. The van der Waals surface area contributed by atoms with Crippen molar-refractivity contribution < 1.29 is 27.1 Å². The van der Waals surface area contributed by atoms with Crippen molar-refractivity contribution in [3.05, 3.63) is 53.3 Å². The zero-order valence-electron chi connectivity index (χ0n) is 14.8. The number of halogens is 1. The summed E-state index contributed by atoms with van der Waals surface area (Å²) in [5.74, 6) is 0.222. The molecule has 3 rings (SSSR count). The van der Waals surface area contributed by atoms with Crippen LogP contribution in [0, 0.1) is 12.7 Å². The molecule has 0 radical (unpaired) electrons. The molecule has 0 saturated heterocycles. The first-order valence-electron chi connectivity index (χ1n) is 8.21. The van der Waals surface area contributed by atoms with E-state index >= 15 is 0 Å². The fourth-order valence-electron chi connectivity index (χ4n) is 2.66. The Kier molecular flexibility index (Phi) is 5.33. The lowest BCUT2D eigenvalue weighted by molar-refractivity contribution is -0.122. The van der Waals surface area contributed by atoms with Crippen LogP contribution >= 0.6 is 0 Å². The largest absolute Gasteiger partial charge is 0.454 e. The molecule has 144 valence electrons. The van der Waals surface area contributed by atoms with Crippen molar-refractivity contribution in [3.8, 4) is 11.5 Å². The van der Waals surface area contributed by atoms with E-state index in [1.165, 1.54) is 19.9 Å². The van der Waals surface area contributed by atoms with Crippen molar-refractivity contribution in [2.45, 2.75) is 31.3 Å². The van der Waals surface area contributed by atoms with E-state index in [1.54, 1.807) is 18.2 Å². The zero-order valence-corrected chi connectivity index (χ0v) is 15.6. The van der Waals surface area contributed by atoms with Gasteiger partial charge in [-0.3, -0.25) is 4.79 Å². The Morgan fingerprint density at radius 3 is 2.67 bits per heavy atom. The summed E-state index contributed by atoms with van der Waals surface area (Å²) in [6.45, 7) is 3.29. The van der Waals surface area contributed by atoms with Crippen molar-refractivity contribution in [3.63, 3.8) is 0 Å². The van der Waals surface area contributed by atoms with E-state index in [1.807, 2.05) is 0 Å². The number of benzene rings is 2. The molecule has 0 aromatic heterocycles. The average Bonchev–Trinajstić information content (AvgIpc) is 3.06. The van der Waals surface area contributed by atoms with Crippen LogP contribution < -0.4 is 19.5 Å². The first-order chi connectivity index (χ1) is 12.8. The van der Waals surface area contributed by atoms with Crippen LogP contribution in [0.4, 0.5) is 4.39 Å². The predicted octanol–water partition coefficient (Wildman–Crippen LogP) is 1.85. The normalized spacial score (nSPS) is 14.0. The van der Waals surface area contributed by atoms with Gasteiger partial charge in [-0.05, 0) is 55.3 Å². The van der Waals surface area contributed by atoms with Crippen LogP contribution in [0.25, 0.3) is 0 Å². The molecule has 1 aliphatic rings. The summed E-state index contributed by atoms with van der Waals surface area (Å²) in [6.07, 6.45) is 0. The molecule has 0 aliphatic carbocycles. The van der Waals surface area contributed by atoms with Gasteiger partial charge in [0, 0.05) is 6.54 Å². The lowest BCUT2D eigenvalue weighted by Gasteiger charge is -2.15. The smallest absolute Gasteiger partial charge is 0.241 e. The van der Waals surface area contributed by atoms with Crippen molar-refractivity contribution >= 4 is 15.9 Å². The quantitative estimate of drug-likeness (QED) is 0.780. The summed E-state index contributed by atoms with van der Waals surface area (Å²) < 4.78 is 50.8. The van der Waals surface area contributed by atoms with Gasteiger partial charge >= 0.3 is 0 Å². The standard InChI is InChI=1S/C18H19FN2O5S/c1-11-7-14(19)4-6-17(11)27(23,24)21-12(2)18(22)20-9-13-3-5-15-16(8-13)26-10-25-15/h3-8,12,21H,9-10H2,1-2H3,(H,20,22)/t12-/m0/s1. The Labute approximate surface area is 156 Å². The molecule has 9 heteroatoms. The molecule has 0 unspecified atom stereocenters. The van der Waals surface area contributed by atoms with Gasteiger partial charge in [0.15, 0.2) is 11.5 Å². The second-order valence-electron chi connectivity index (χ2n) is 6.16. The Bertz CT molecular complexity index is 978. The molecule has 0 fully saturated rings. The van der Waals surface area contributed by atoms with Gasteiger partial charge in [-0.1, -0.05) is 6.07 Å². The van der Waals surface area contributed by atoms with Crippen LogP contribution in [0.3, 0.4) is 0 Å². The fourth-order valence-corrected chi connectivity index (χ4v) is 4.09. The van der Waals surface area contributed by atoms with Crippen LogP contribution in [-0.4, -0.2) is 27.2 Å². The molecule has 0 saturated carbocycles. The van der Waals surface area contributed by atoms with Crippen molar-refractivity contribution in [1.29, 1.82) is 0 Å². The third-order valence-electron chi connectivity index (χ3n) is 4.06. The Morgan fingerprint density at radius 2 is 1.93 bits per heavy atom. The number of hydrogen-bond donors (Lipinski definition) is 2. The van der Waals surface area contributed by atoms with Crippen LogP contribution in [0.1, 0.15) is 18.1 Å². The minimum Gasteiger partial charge on any atom is -0.454 e. The van der Waals surface area contributed by atoms with Gasteiger partial charge in [-0.2, -0.15) is 4.72 Å². The summed E-state index contributed by atoms with van der Waals surface area (Å²) in [6, 6.07) is 7.63. The topological polar surface area (TPSA) is 93.7 Å². The third-order valence-corrected chi connectivity index (χ3v) is 5.76. The molecule has 2 aromatic carbocycles. The molecule has 2 N–H and O–H groups in total. The Balaban J connectivity index is 1.61. The third kappa shape index (κ3) is 4.37. The van der Waals surface area contributed by atoms with Gasteiger partial charge in [0.25, 0.3) is 0 Å². The maximum absolute atomic E-state index is 13.2. The first kappa shape index (κ1) is 19.1. The summed E-state index contributed by atoms with van der Waals surface area (Å²) in [4.78, 5) is 12.2. The molecule has 7 nitrogen and oxygen atoms in total. The molecule has 2 aromatic rings. The summed E-state index contributed by atoms with van der Waals surface area (Å²) in [5, 5.41) is 2.67. The second-order valence-corrected chi connectivity index (χ2v) is 7.84. The number of hydrogen-bond acceptors (Lipinski definition) is 5. The molecule has 0 bridgehead atoms. The van der Waals surface area contributed by atoms with Crippen molar-refractivity contribution in [2.75, 3.05) is 6.79 Å². The molecule has 0 spiro atoms. The highest BCUT2D eigenvalue weighted by atomic mass is 32.2. The fraction of sp³-hybridized carbons (Fsp3) is 0.278. The van der Waals surface area contributed by atoms with Gasteiger partial charge in [-0.15, -0.1) is 0 Å². The maximum Gasteiger partial charge on any atom is 0.241 e. The van der Waals surface area contributed by atoms with Crippen molar-refractivity contribution in [1.82, 2.24) is 10.0 Å². The predicted molar refractivity (Wildman–Crippen MR) is 95.3 cm³/mol. The molecular formula is C18H19FN2O5S. The van der Waals surface area contributed by atoms with E-state index in [4.69, 9.17) is 9.47 Å². The number of rotatable bonds is 6. The second kappa shape index (κ2) is 7.53. The monoisotopic (exact) mass is 394 g/mol. The molecule has 1 aliphatic heterocycles. The van der Waals surface area contributed by atoms with E-state index in [9.17, 15) is 17.6 Å². The SMILES string of the molecule is Cc1cc(F)ccc1S(=O)(=O)N[C@@H](C)C(=O)NCc1ccc2c(c1)OCO2. The van der Waals surface area contributed by atoms with Crippen LogP contribution in [0.2, 0.25) is 0 Å². The average molecular weight is 394 g/mol. The number of nitrogens with one attached hydrogen (secondary N) is 2. The number of carbonyl (C=O) groups excluding carboxylic acids is 1. The van der Waals surface area contributed by atoms with Gasteiger partial charge in [0.1, 0.15) is 5.82 Å². The van der Waals surface area contributed by atoms with E-state index < -0.39 is 27.8 Å². The summed E-state index contributed by atoms with van der Waals surface area (Å²) in [7, 11) is -3.96. The van der Waals surface area contributed by atoms with Crippen LogP contribution in [0.5, 0.6) is 11.5 Å². The minimum atomic E-state index is -3.96. The van der Waals surface area contributed by atoms with E-state index in [0.717, 1.165) is 17.7 Å². The van der Waals surface area contributed by atoms with E-state index in [2.05, 4.69) is 10.0 Å². The highest BCUT2D eigenvalue weighted by Crippen LogP contribution is 2.32. The Morgan fingerprint density at radius 1 is 1.19 bits per heavy atom. The van der Waals surface area contributed by atoms with Gasteiger partial charge in [0.2, 0.25) is 22.7 Å². The molecule has 1 atom stereocenters. The maximum atomic E-state index is 13.2. The number of aryl methyl sites for hydroxylation is 1. The molecule has 1 heterocycles. The van der Waals surface area contributed by atoms with Crippen molar-refractivity contribution in [2.24, 2.45) is 0 Å². The zero-order chi connectivity index (χ0) is 19.6. The lowest BCUT2D eigenvalue weighted by Crippen LogP contribution is -2.44. The van der Waals surface area contributed by atoms with Crippen LogP contribution in [-0.2, 0) is 21.4 Å². The van der Waals surface area contributed by atoms with Gasteiger partial charge < -0.3 is 14.8 Å².